The van der Waals surface area contributed by atoms with Gasteiger partial charge in [0.05, 0.1) is 6.61 Å². The number of hydrogen-bond donors (Lipinski definition) is 0. The number of carbonyl (C=O) groups is 2. The van der Waals surface area contributed by atoms with Gasteiger partial charge in [-0.05, 0) is 26.7 Å². The Kier molecular flexibility index (Phi) is 2.98. The highest BCUT2D eigenvalue weighted by molar-refractivity contribution is 5.81. The van der Waals surface area contributed by atoms with Crippen molar-refractivity contribution in [1.29, 1.82) is 0 Å². The molecule has 1 saturated heterocycles. The zero-order valence-corrected chi connectivity index (χ0v) is 7.50. The van der Waals surface area contributed by atoms with Gasteiger partial charge in [0.25, 0.3) is 0 Å². The first-order valence-electron chi connectivity index (χ1n) is 4.23. The summed E-state index contributed by atoms with van der Waals surface area (Å²) in [5.74, 6) is 0.245. The SMILES string of the molecule is CC(=O)C1CCC(C(C)=O)OC1. The van der Waals surface area contributed by atoms with Gasteiger partial charge in [-0.25, -0.2) is 0 Å². The molecule has 1 fully saturated rings. The summed E-state index contributed by atoms with van der Waals surface area (Å²) >= 11 is 0. The fourth-order valence-electron chi connectivity index (χ4n) is 1.39. The van der Waals surface area contributed by atoms with Crippen molar-refractivity contribution >= 4 is 11.6 Å². The number of hydrogen-bond acceptors (Lipinski definition) is 3. The maximum absolute atomic E-state index is 10.9. The molecule has 1 aliphatic heterocycles. The minimum atomic E-state index is -0.263. The third-order valence-electron chi connectivity index (χ3n) is 2.30. The molecule has 0 aliphatic carbocycles. The van der Waals surface area contributed by atoms with Crippen molar-refractivity contribution in [1.82, 2.24) is 0 Å². The molecule has 68 valence electrons. The molecule has 12 heavy (non-hydrogen) atoms. The summed E-state index contributed by atoms with van der Waals surface area (Å²) in [4.78, 5) is 21.8. The van der Waals surface area contributed by atoms with E-state index in [9.17, 15) is 9.59 Å². The second-order valence-corrected chi connectivity index (χ2v) is 3.32. The average molecular weight is 170 g/mol. The van der Waals surface area contributed by atoms with Gasteiger partial charge in [0.1, 0.15) is 11.9 Å². The topological polar surface area (TPSA) is 43.4 Å². The molecule has 0 aromatic heterocycles. The van der Waals surface area contributed by atoms with Gasteiger partial charge in [0.15, 0.2) is 5.78 Å². The van der Waals surface area contributed by atoms with E-state index >= 15 is 0 Å². The van der Waals surface area contributed by atoms with Crippen molar-refractivity contribution in [3.05, 3.63) is 0 Å². The first-order chi connectivity index (χ1) is 5.61. The Balaban J connectivity index is 2.39. The molecule has 1 heterocycles. The third-order valence-corrected chi connectivity index (χ3v) is 2.30. The van der Waals surface area contributed by atoms with Crippen LogP contribution < -0.4 is 0 Å². The monoisotopic (exact) mass is 170 g/mol. The second kappa shape index (κ2) is 3.81. The molecule has 2 atom stereocenters. The summed E-state index contributed by atoms with van der Waals surface area (Å²) in [6.45, 7) is 3.51. The molecule has 0 amide bonds. The smallest absolute Gasteiger partial charge is 0.158 e. The van der Waals surface area contributed by atoms with Crippen LogP contribution in [0.3, 0.4) is 0 Å². The quantitative estimate of drug-likeness (QED) is 0.620. The van der Waals surface area contributed by atoms with Crippen LogP contribution in [-0.4, -0.2) is 24.3 Å². The van der Waals surface area contributed by atoms with Crippen molar-refractivity contribution in [2.24, 2.45) is 5.92 Å². The molecule has 2 unspecified atom stereocenters. The van der Waals surface area contributed by atoms with Crippen LogP contribution in [0.2, 0.25) is 0 Å². The van der Waals surface area contributed by atoms with Gasteiger partial charge in [-0.1, -0.05) is 0 Å². The lowest BCUT2D eigenvalue weighted by Gasteiger charge is -2.25. The standard InChI is InChI=1S/C9H14O3/c1-6(10)8-3-4-9(7(2)11)12-5-8/h8-9H,3-5H2,1-2H3. The van der Waals surface area contributed by atoms with Crippen LogP contribution in [0.15, 0.2) is 0 Å². The van der Waals surface area contributed by atoms with Crippen LogP contribution >= 0.6 is 0 Å². The number of carbonyl (C=O) groups excluding carboxylic acids is 2. The molecule has 3 heteroatoms. The Morgan fingerprint density at radius 1 is 1.17 bits per heavy atom. The van der Waals surface area contributed by atoms with Gasteiger partial charge in [0.2, 0.25) is 0 Å². The number of Topliss-reactive ketones (excluding diaryl/α,β-unsaturated/α-hetero) is 2. The lowest BCUT2D eigenvalue weighted by Crippen LogP contribution is -2.33. The number of ether oxygens (including phenoxy) is 1. The molecular weight excluding hydrogens is 156 g/mol. The first kappa shape index (κ1) is 9.39. The van der Waals surface area contributed by atoms with Crippen molar-refractivity contribution in [2.75, 3.05) is 6.61 Å². The molecule has 0 aromatic carbocycles. The van der Waals surface area contributed by atoms with Crippen molar-refractivity contribution < 1.29 is 14.3 Å². The van der Waals surface area contributed by atoms with E-state index in [0.717, 1.165) is 6.42 Å². The summed E-state index contributed by atoms with van der Waals surface area (Å²) in [5.41, 5.74) is 0. The van der Waals surface area contributed by atoms with Gasteiger partial charge in [-0.15, -0.1) is 0 Å². The first-order valence-corrected chi connectivity index (χ1v) is 4.23. The van der Waals surface area contributed by atoms with E-state index in [1.165, 1.54) is 6.92 Å². The molecule has 0 aromatic rings. The molecule has 1 aliphatic rings. The average Bonchev–Trinajstić information content (AvgIpc) is 2.04. The maximum Gasteiger partial charge on any atom is 0.158 e. The molecule has 1 rings (SSSR count). The minimum absolute atomic E-state index is 0.0144. The summed E-state index contributed by atoms with van der Waals surface area (Å²) in [6.07, 6.45) is 1.22. The molecular formula is C9H14O3. The molecule has 0 N–H and O–H groups in total. The summed E-state index contributed by atoms with van der Waals surface area (Å²) in [6, 6.07) is 0. The predicted octanol–water partition coefficient (Wildman–Crippen LogP) is 0.960. The van der Waals surface area contributed by atoms with E-state index in [2.05, 4.69) is 0 Å². The molecule has 0 saturated carbocycles. The minimum Gasteiger partial charge on any atom is -0.370 e. The highest BCUT2D eigenvalue weighted by Gasteiger charge is 2.26. The predicted molar refractivity (Wildman–Crippen MR) is 43.8 cm³/mol. The second-order valence-electron chi connectivity index (χ2n) is 3.32. The Morgan fingerprint density at radius 2 is 1.83 bits per heavy atom. The van der Waals surface area contributed by atoms with E-state index in [0.29, 0.717) is 13.0 Å². The summed E-state index contributed by atoms with van der Waals surface area (Å²) in [7, 11) is 0. The van der Waals surface area contributed by atoms with Crippen LogP contribution in [0.1, 0.15) is 26.7 Å². The van der Waals surface area contributed by atoms with Gasteiger partial charge in [-0.2, -0.15) is 0 Å². The van der Waals surface area contributed by atoms with Crippen molar-refractivity contribution in [2.45, 2.75) is 32.8 Å². The Morgan fingerprint density at radius 3 is 2.17 bits per heavy atom. The van der Waals surface area contributed by atoms with Crippen molar-refractivity contribution in [3.63, 3.8) is 0 Å². The fraction of sp³-hybridized carbons (Fsp3) is 0.778. The van der Waals surface area contributed by atoms with E-state index in [1.807, 2.05) is 0 Å². The fourth-order valence-corrected chi connectivity index (χ4v) is 1.39. The van der Waals surface area contributed by atoms with Crippen LogP contribution in [0.5, 0.6) is 0 Å². The lowest BCUT2D eigenvalue weighted by molar-refractivity contribution is -0.138. The van der Waals surface area contributed by atoms with Crippen LogP contribution in [0, 0.1) is 5.92 Å². The maximum atomic E-state index is 10.9. The summed E-state index contributed by atoms with van der Waals surface area (Å²) in [5, 5.41) is 0. The van der Waals surface area contributed by atoms with Crippen LogP contribution in [-0.2, 0) is 14.3 Å². The molecule has 0 radical (unpaired) electrons. The number of ketones is 2. The van der Waals surface area contributed by atoms with Crippen molar-refractivity contribution in [3.8, 4) is 0 Å². The lowest BCUT2D eigenvalue weighted by atomic mass is 9.94. The van der Waals surface area contributed by atoms with E-state index in [4.69, 9.17) is 4.74 Å². The highest BCUT2D eigenvalue weighted by Crippen LogP contribution is 2.19. The van der Waals surface area contributed by atoms with Gasteiger partial charge in [0, 0.05) is 5.92 Å². The Labute approximate surface area is 72.1 Å². The highest BCUT2D eigenvalue weighted by atomic mass is 16.5. The Bertz CT molecular complexity index is 168. The largest absolute Gasteiger partial charge is 0.370 e. The van der Waals surface area contributed by atoms with Gasteiger partial charge in [-0.3, -0.25) is 9.59 Å². The van der Waals surface area contributed by atoms with Gasteiger partial charge >= 0.3 is 0 Å². The molecule has 0 spiro atoms. The summed E-state index contributed by atoms with van der Waals surface area (Å²) < 4.78 is 5.24. The van der Waals surface area contributed by atoms with Gasteiger partial charge < -0.3 is 4.74 Å². The molecule has 0 bridgehead atoms. The zero-order chi connectivity index (χ0) is 9.14. The normalized spacial score (nSPS) is 29.8. The molecule has 3 nitrogen and oxygen atoms in total. The van der Waals surface area contributed by atoms with E-state index in [-0.39, 0.29) is 23.6 Å². The Hall–Kier alpha value is -0.700. The van der Waals surface area contributed by atoms with E-state index in [1.54, 1.807) is 6.92 Å². The van der Waals surface area contributed by atoms with Crippen LogP contribution in [0.25, 0.3) is 0 Å². The number of rotatable bonds is 2. The van der Waals surface area contributed by atoms with Crippen LogP contribution in [0.4, 0.5) is 0 Å². The third kappa shape index (κ3) is 2.14. The zero-order valence-electron chi connectivity index (χ0n) is 7.50. The van der Waals surface area contributed by atoms with E-state index < -0.39 is 0 Å².